The van der Waals surface area contributed by atoms with E-state index >= 15 is 0 Å². The molecular formula is C34H32O4. The Morgan fingerprint density at radius 3 is 1.76 bits per heavy atom. The van der Waals surface area contributed by atoms with Gasteiger partial charge in [-0.15, -0.1) is 0 Å². The van der Waals surface area contributed by atoms with Gasteiger partial charge in [-0.25, -0.2) is 0 Å². The first kappa shape index (κ1) is 25.2. The van der Waals surface area contributed by atoms with E-state index in [0.29, 0.717) is 26.4 Å². The minimum atomic E-state index is -0.479. The lowest BCUT2D eigenvalue weighted by Gasteiger charge is -2.34. The van der Waals surface area contributed by atoms with Crippen LogP contribution in [0, 0.1) is 6.92 Å². The summed E-state index contributed by atoms with van der Waals surface area (Å²) in [5, 5.41) is 0. The summed E-state index contributed by atoms with van der Waals surface area (Å²) in [5.41, 5.74) is 8.00. The van der Waals surface area contributed by atoms with Crippen LogP contribution in [0.5, 0.6) is 11.5 Å². The van der Waals surface area contributed by atoms with Crippen LogP contribution in [0.4, 0.5) is 0 Å². The van der Waals surface area contributed by atoms with Crippen LogP contribution < -0.4 is 9.47 Å². The van der Waals surface area contributed by atoms with Crippen molar-refractivity contribution in [2.24, 2.45) is 0 Å². The molecule has 0 aliphatic heterocycles. The van der Waals surface area contributed by atoms with Crippen LogP contribution in [0.3, 0.4) is 0 Å². The smallest absolute Gasteiger partial charge is 0.122 e. The first-order valence-corrected chi connectivity index (χ1v) is 12.8. The maximum Gasteiger partial charge on any atom is 0.122 e. The van der Waals surface area contributed by atoms with Gasteiger partial charge in [-0.05, 0) is 64.1 Å². The van der Waals surface area contributed by atoms with E-state index in [1.54, 1.807) is 0 Å². The van der Waals surface area contributed by atoms with Crippen LogP contribution in [0.1, 0.15) is 27.8 Å². The van der Waals surface area contributed by atoms with E-state index in [9.17, 15) is 0 Å². The standard InChI is InChI=1S/C34H32O4/c1-4-35-20-22-37-28-17-14-26(15-18-28)34(27-16-19-33(25(3)24-27)38-23-21-36-5-2)31-12-8-6-10-29(31)30-11-7-9-13-32(30)34/h4-19,24H,1-2,20-23H2,3H3. The number of fused-ring (bicyclic) bond motifs is 3. The summed E-state index contributed by atoms with van der Waals surface area (Å²) in [4.78, 5) is 0. The van der Waals surface area contributed by atoms with Gasteiger partial charge in [0.25, 0.3) is 0 Å². The molecule has 0 heterocycles. The Bertz CT molecular complexity index is 1380. The monoisotopic (exact) mass is 504 g/mol. The fraction of sp³-hybridized carbons (Fsp3) is 0.176. The van der Waals surface area contributed by atoms with E-state index < -0.39 is 5.41 Å². The van der Waals surface area contributed by atoms with Gasteiger partial charge in [0, 0.05) is 0 Å². The van der Waals surface area contributed by atoms with Crippen LogP contribution in [-0.2, 0) is 14.9 Å². The highest BCUT2D eigenvalue weighted by Gasteiger charge is 2.46. The van der Waals surface area contributed by atoms with E-state index in [0.717, 1.165) is 17.1 Å². The SMILES string of the molecule is C=COCCOc1ccc(C2(c3ccc(OCCOC=C)c(C)c3)c3ccccc3-c3ccccc32)cc1. The van der Waals surface area contributed by atoms with Crippen molar-refractivity contribution in [3.63, 3.8) is 0 Å². The minimum absolute atomic E-state index is 0.459. The zero-order chi connectivity index (χ0) is 26.4. The highest BCUT2D eigenvalue weighted by molar-refractivity contribution is 5.86. The summed E-state index contributed by atoms with van der Waals surface area (Å²) in [6.07, 6.45) is 2.86. The number of aryl methyl sites for hydroxylation is 1. The Balaban J connectivity index is 1.61. The molecule has 0 N–H and O–H groups in total. The molecule has 192 valence electrons. The number of rotatable bonds is 12. The van der Waals surface area contributed by atoms with Crippen molar-refractivity contribution in [3.05, 3.63) is 144 Å². The van der Waals surface area contributed by atoms with Crippen molar-refractivity contribution >= 4 is 0 Å². The minimum Gasteiger partial charge on any atom is -0.498 e. The third kappa shape index (κ3) is 4.54. The van der Waals surface area contributed by atoms with Crippen LogP contribution >= 0.6 is 0 Å². The maximum absolute atomic E-state index is 6.00. The van der Waals surface area contributed by atoms with Crippen LogP contribution in [-0.4, -0.2) is 26.4 Å². The molecular weight excluding hydrogens is 472 g/mol. The Kier molecular flexibility index (Phi) is 7.50. The number of hydrogen-bond donors (Lipinski definition) is 0. The molecule has 0 aromatic heterocycles. The number of benzene rings is 4. The van der Waals surface area contributed by atoms with Gasteiger partial charge in [-0.3, -0.25) is 0 Å². The molecule has 4 aromatic carbocycles. The van der Waals surface area contributed by atoms with Gasteiger partial charge in [0.1, 0.15) is 37.9 Å². The van der Waals surface area contributed by atoms with Gasteiger partial charge < -0.3 is 18.9 Å². The molecule has 0 saturated carbocycles. The molecule has 0 saturated heterocycles. The van der Waals surface area contributed by atoms with Gasteiger partial charge in [0.05, 0.1) is 17.9 Å². The fourth-order valence-corrected chi connectivity index (χ4v) is 5.44. The summed E-state index contributed by atoms with van der Waals surface area (Å²) < 4.78 is 22.3. The maximum atomic E-state index is 6.00. The lowest BCUT2D eigenvalue weighted by molar-refractivity contribution is 0.179. The van der Waals surface area contributed by atoms with Crippen molar-refractivity contribution in [2.75, 3.05) is 26.4 Å². The predicted molar refractivity (Wildman–Crippen MR) is 152 cm³/mol. The van der Waals surface area contributed by atoms with Crippen molar-refractivity contribution in [3.8, 4) is 22.6 Å². The molecule has 0 spiro atoms. The normalized spacial score (nSPS) is 12.7. The molecule has 4 aromatic rings. The molecule has 1 aliphatic carbocycles. The zero-order valence-electron chi connectivity index (χ0n) is 21.7. The summed E-state index contributed by atoms with van der Waals surface area (Å²) in [6, 6.07) is 32.4. The average molecular weight is 505 g/mol. The number of ether oxygens (including phenoxy) is 4. The molecule has 38 heavy (non-hydrogen) atoms. The fourth-order valence-electron chi connectivity index (χ4n) is 5.44. The zero-order valence-corrected chi connectivity index (χ0v) is 21.7. The summed E-state index contributed by atoms with van der Waals surface area (Å²) in [5.74, 6) is 1.65. The van der Waals surface area contributed by atoms with E-state index in [4.69, 9.17) is 18.9 Å². The van der Waals surface area contributed by atoms with Gasteiger partial charge in [0.15, 0.2) is 0 Å². The van der Waals surface area contributed by atoms with Crippen molar-refractivity contribution in [1.29, 1.82) is 0 Å². The third-order valence-electron chi connectivity index (χ3n) is 7.01. The van der Waals surface area contributed by atoms with Crippen LogP contribution in [0.25, 0.3) is 11.1 Å². The molecule has 0 amide bonds. The Morgan fingerprint density at radius 1 is 0.632 bits per heavy atom. The second-order valence-corrected chi connectivity index (χ2v) is 9.12. The molecule has 0 unspecified atom stereocenters. The van der Waals surface area contributed by atoms with Gasteiger partial charge >= 0.3 is 0 Å². The first-order chi connectivity index (χ1) is 18.7. The third-order valence-corrected chi connectivity index (χ3v) is 7.01. The quantitative estimate of drug-likeness (QED) is 0.131. The Hall–Kier alpha value is -4.44. The molecule has 5 rings (SSSR count). The topological polar surface area (TPSA) is 36.9 Å². The van der Waals surface area contributed by atoms with Gasteiger partial charge in [-0.1, -0.05) is 86.0 Å². The molecule has 0 bridgehead atoms. The predicted octanol–water partition coefficient (Wildman–Crippen LogP) is 7.44. The summed E-state index contributed by atoms with van der Waals surface area (Å²) in [6.45, 7) is 11.1. The van der Waals surface area contributed by atoms with E-state index in [2.05, 4.69) is 98.9 Å². The average Bonchev–Trinajstić information content (AvgIpc) is 3.26. The Labute approximate surface area is 224 Å². The van der Waals surface area contributed by atoms with Gasteiger partial charge in [-0.2, -0.15) is 0 Å². The lowest BCUT2D eigenvalue weighted by Crippen LogP contribution is -2.28. The van der Waals surface area contributed by atoms with Crippen molar-refractivity contribution < 1.29 is 18.9 Å². The molecule has 0 radical (unpaired) electrons. The van der Waals surface area contributed by atoms with E-state index in [1.165, 1.54) is 45.9 Å². The molecule has 0 atom stereocenters. The van der Waals surface area contributed by atoms with Crippen molar-refractivity contribution in [1.82, 2.24) is 0 Å². The first-order valence-electron chi connectivity index (χ1n) is 12.8. The molecule has 0 fully saturated rings. The molecule has 4 heteroatoms. The largest absolute Gasteiger partial charge is 0.498 e. The second kappa shape index (κ2) is 11.3. The van der Waals surface area contributed by atoms with Crippen LogP contribution in [0.15, 0.2) is 117 Å². The van der Waals surface area contributed by atoms with Crippen molar-refractivity contribution in [2.45, 2.75) is 12.3 Å². The highest BCUT2D eigenvalue weighted by atomic mass is 16.5. The van der Waals surface area contributed by atoms with Gasteiger partial charge in [0.2, 0.25) is 0 Å². The Morgan fingerprint density at radius 2 is 1.18 bits per heavy atom. The summed E-state index contributed by atoms with van der Waals surface area (Å²) >= 11 is 0. The number of hydrogen-bond acceptors (Lipinski definition) is 4. The highest BCUT2D eigenvalue weighted by Crippen LogP contribution is 2.56. The molecule has 4 nitrogen and oxygen atoms in total. The second-order valence-electron chi connectivity index (χ2n) is 9.12. The molecule has 1 aliphatic rings. The lowest BCUT2D eigenvalue weighted by atomic mass is 9.67. The summed E-state index contributed by atoms with van der Waals surface area (Å²) in [7, 11) is 0. The van der Waals surface area contributed by atoms with E-state index in [1.807, 2.05) is 12.1 Å². The van der Waals surface area contributed by atoms with Crippen LogP contribution in [0.2, 0.25) is 0 Å². The van der Waals surface area contributed by atoms with E-state index in [-0.39, 0.29) is 0 Å².